The van der Waals surface area contributed by atoms with Crippen LogP contribution in [0.15, 0.2) is 78.0 Å². The first-order valence-corrected chi connectivity index (χ1v) is 10.3. The number of guanidine groups is 1. The molecule has 0 saturated heterocycles. The van der Waals surface area contributed by atoms with Crippen molar-refractivity contribution in [1.82, 2.24) is 9.97 Å². The molecule has 0 aliphatic carbocycles. The number of nitrogens with two attached hydrogens (primary N) is 2. The molecule has 0 spiro atoms. The molecular formula is C26H27N5. The van der Waals surface area contributed by atoms with E-state index >= 15 is 0 Å². The van der Waals surface area contributed by atoms with Crippen LogP contribution in [0.1, 0.15) is 31.9 Å². The van der Waals surface area contributed by atoms with E-state index in [-0.39, 0.29) is 11.4 Å². The molecule has 5 heteroatoms. The number of hydrogen-bond acceptors (Lipinski definition) is 3. The van der Waals surface area contributed by atoms with Gasteiger partial charge in [-0.15, -0.1) is 0 Å². The van der Waals surface area contributed by atoms with E-state index < -0.39 is 0 Å². The Kier molecular flexibility index (Phi) is 5.42. The Labute approximate surface area is 182 Å². The zero-order chi connectivity index (χ0) is 22.0. The van der Waals surface area contributed by atoms with E-state index in [1.54, 1.807) is 6.33 Å². The second-order valence-electron chi connectivity index (χ2n) is 8.69. The molecule has 4 rings (SSSR count). The molecule has 156 valence electrons. The molecule has 5 nitrogen and oxygen atoms in total. The van der Waals surface area contributed by atoms with Crippen LogP contribution >= 0.6 is 0 Å². The molecule has 4 N–H and O–H groups in total. The number of aliphatic imine (C=N–C) groups is 1. The summed E-state index contributed by atoms with van der Waals surface area (Å²) in [6.45, 7) is 7.13. The summed E-state index contributed by atoms with van der Waals surface area (Å²) in [5, 5.41) is 1.02. The van der Waals surface area contributed by atoms with Gasteiger partial charge in [0.05, 0.1) is 17.8 Å². The van der Waals surface area contributed by atoms with Crippen LogP contribution < -0.4 is 11.5 Å². The predicted octanol–water partition coefficient (Wildman–Crippen LogP) is 5.03. The number of benzene rings is 3. The van der Waals surface area contributed by atoms with Gasteiger partial charge in [0.15, 0.2) is 5.96 Å². The van der Waals surface area contributed by atoms with Crippen LogP contribution in [0.4, 0.5) is 0 Å². The lowest BCUT2D eigenvalue weighted by atomic mass is 9.86. The third kappa shape index (κ3) is 4.40. The van der Waals surface area contributed by atoms with Crippen molar-refractivity contribution in [3.8, 4) is 22.4 Å². The van der Waals surface area contributed by atoms with Crippen LogP contribution in [0.2, 0.25) is 0 Å². The summed E-state index contributed by atoms with van der Waals surface area (Å²) in [6, 6.07) is 23.1. The first kappa shape index (κ1) is 20.5. The number of hydrogen-bond donors (Lipinski definition) is 2. The first-order valence-electron chi connectivity index (χ1n) is 10.3. The molecule has 1 heterocycles. The lowest BCUT2D eigenvalue weighted by Gasteiger charge is -2.19. The van der Waals surface area contributed by atoms with E-state index in [1.165, 1.54) is 5.56 Å². The smallest absolute Gasteiger partial charge is 0.186 e. The van der Waals surface area contributed by atoms with Crippen LogP contribution in [0.25, 0.3) is 33.3 Å². The van der Waals surface area contributed by atoms with E-state index in [2.05, 4.69) is 78.2 Å². The average molecular weight is 410 g/mol. The van der Waals surface area contributed by atoms with Crippen molar-refractivity contribution in [1.29, 1.82) is 0 Å². The van der Waals surface area contributed by atoms with Crippen molar-refractivity contribution >= 4 is 16.9 Å². The van der Waals surface area contributed by atoms with E-state index in [0.717, 1.165) is 38.9 Å². The Bertz CT molecular complexity index is 1230. The van der Waals surface area contributed by atoms with Gasteiger partial charge in [-0.05, 0) is 22.1 Å². The molecule has 3 aromatic carbocycles. The SMILES string of the molecule is CC(C)(C)c1ccc(-c2cccc3c(-c4ccc(CN=C(N)N)cc4)ncnc23)cc1. The van der Waals surface area contributed by atoms with Crippen LogP contribution in [0.5, 0.6) is 0 Å². The minimum atomic E-state index is 0.0916. The summed E-state index contributed by atoms with van der Waals surface area (Å²) >= 11 is 0. The summed E-state index contributed by atoms with van der Waals surface area (Å²) in [5.41, 5.74) is 18.5. The van der Waals surface area contributed by atoms with Crippen LogP contribution in [0, 0.1) is 0 Å². The summed E-state index contributed by atoms with van der Waals surface area (Å²) < 4.78 is 0. The number of rotatable bonds is 4. The Morgan fingerprint density at radius 3 is 2.16 bits per heavy atom. The second kappa shape index (κ2) is 8.19. The van der Waals surface area contributed by atoms with Gasteiger partial charge in [0, 0.05) is 16.5 Å². The fourth-order valence-electron chi connectivity index (χ4n) is 3.65. The number of aromatic nitrogens is 2. The van der Waals surface area contributed by atoms with Gasteiger partial charge in [-0.3, -0.25) is 0 Å². The first-order chi connectivity index (χ1) is 14.8. The van der Waals surface area contributed by atoms with Gasteiger partial charge in [0.25, 0.3) is 0 Å². The Morgan fingerprint density at radius 2 is 1.52 bits per heavy atom. The van der Waals surface area contributed by atoms with Crippen molar-refractivity contribution in [3.63, 3.8) is 0 Å². The minimum absolute atomic E-state index is 0.0916. The summed E-state index contributed by atoms with van der Waals surface area (Å²) in [5.74, 6) is 0.0916. The average Bonchev–Trinajstić information content (AvgIpc) is 2.77. The molecule has 0 unspecified atom stereocenters. The topological polar surface area (TPSA) is 90.2 Å². The molecular weight excluding hydrogens is 382 g/mol. The van der Waals surface area contributed by atoms with Crippen LogP contribution in [-0.4, -0.2) is 15.9 Å². The van der Waals surface area contributed by atoms with Gasteiger partial charge in [-0.2, -0.15) is 0 Å². The largest absolute Gasteiger partial charge is 0.370 e. The van der Waals surface area contributed by atoms with Gasteiger partial charge in [0.2, 0.25) is 0 Å². The second-order valence-corrected chi connectivity index (χ2v) is 8.69. The molecule has 0 amide bonds. The molecule has 0 radical (unpaired) electrons. The molecule has 0 bridgehead atoms. The van der Waals surface area contributed by atoms with Gasteiger partial charge in [-0.1, -0.05) is 87.5 Å². The monoisotopic (exact) mass is 409 g/mol. The van der Waals surface area contributed by atoms with Crippen LogP contribution in [-0.2, 0) is 12.0 Å². The van der Waals surface area contributed by atoms with Gasteiger partial charge in [0.1, 0.15) is 6.33 Å². The summed E-state index contributed by atoms with van der Waals surface area (Å²) in [4.78, 5) is 13.3. The number of para-hydroxylation sites is 1. The maximum absolute atomic E-state index is 5.43. The molecule has 4 aromatic rings. The number of fused-ring (bicyclic) bond motifs is 1. The molecule has 0 atom stereocenters. The highest BCUT2D eigenvalue weighted by molar-refractivity contribution is 6.00. The molecule has 0 aliphatic heterocycles. The maximum atomic E-state index is 5.43. The fraction of sp³-hybridized carbons (Fsp3) is 0.192. The van der Waals surface area contributed by atoms with E-state index in [4.69, 9.17) is 11.5 Å². The quantitative estimate of drug-likeness (QED) is 0.365. The normalized spacial score (nSPS) is 11.5. The lowest BCUT2D eigenvalue weighted by Crippen LogP contribution is -2.22. The van der Waals surface area contributed by atoms with Crippen molar-refractivity contribution in [2.75, 3.05) is 0 Å². The zero-order valence-corrected chi connectivity index (χ0v) is 18.1. The molecule has 0 saturated carbocycles. The summed E-state index contributed by atoms with van der Waals surface area (Å²) in [6.07, 6.45) is 1.64. The van der Waals surface area contributed by atoms with E-state index in [9.17, 15) is 0 Å². The third-order valence-electron chi connectivity index (χ3n) is 5.40. The molecule has 0 fully saturated rings. The molecule has 31 heavy (non-hydrogen) atoms. The maximum Gasteiger partial charge on any atom is 0.186 e. The Morgan fingerprint density at radius 1 is 0.839 bits per heavy atom. The number of nitrogens with zero attached hydrogens (tertiary/aromatic N) is 3. The standard InChI is InChI=1S/C26H27N5/c1-26(2,3)20-13-11-18(12-14-20)21-5-4-6-22-23(30-16-31-24(21)22)19-9-7-17(8-10-19)15-29-25(27)28/h4-14,16H,15H2,1-3H3,(H4,27,28,29). The van der Waals surface area contributed by atoms with Crippen molar-refractivity contribution in [3.05, 3.63) is 84.2 Å². The molecule has 0 aliphatic rings. The lowest BCUT2D eigenvalue weighted by molar-refractivity contribution is 0.590. The Hall–Kier alpha value is -3.73. The predicted molar refractivity (Wildman–Crippen MR) is 129 cm³/mol. The van der Waals surface area contributed by atoms with Crippen molar-refractivity contribution in [2.24, 2.45) is 16.5 Å². The van der Waals surface area contributed by atoms with E-state index in [1.807, 2.05) is 24.3 Å². The minimum Gasteiger partial charge on any atom is -0.370 e. The van der Waals surface area contributed by atoms with Crippen molar-refractivity contribution in [2.45, 2.75) is 32.7 Å². The van der Waals surface area contributed by atoms with Gasteiger partial charge >= 0.3 is 0 Å². The van der Waals surface area contributed by atoms with Gasteiger partial charge in [-0.25, -0.2) is 15.0 Å². The third-order valence-corrected chi connectivity index (χ3v) is 5.40. The summed E-state index contributed by atoms with van der Waals surface area (Å²) in [7, 11) is 0. The van der Waals surface area contributed by atoms with Crippen LogP contribution in [0.3, 0.4) is 0 Å². The van der Waals surface area contributed by atoms with E-state index in [0.29, 0.717) is 6.54 Å². The zero-order valence-electron chi connectivity index (χ0n) is 18.1. The van der Waals surface area contributed by atoms with Crippen molar-refractivity contribution < 1.29 is 0 Å². The molecule has 1 aromatic heterocycles. The fourth-order valence-corrected chi connectivity index (χ4v) is 3.65. The van der Waals surface area contributed by atoms with Gasteiger partial charge < -0.3 is 11.5 Å². The Balaban J connectivity index is 1.74. The highest BCUT2D eigenvalue weighted by Gasteiger charge is 2.15. The highest BCUT2D eigenvalue weighted by atomic mass is 15.0. The highest BCUT2D eigenvalue weighted by Crippen LogP contribution is 2.33.